The van der Waals surface area contributed by atoms with Crippen LogP contribution in [0.3, 0.4) is 0 Å². The van der Waals surface area contributed by atoms with Crippen LogP contribution in [0.5, 0.6) is 5.75 Å². The lowest BCUT2D eigenvalue weighted by Crippen LogP contribution is -2.28. The molecule has 1 N–H and O–H groups in total. The maximum Gasteiger partial charge on any atom is 0.311 e. The topological polar surface area (TPSA) is 128 Å². The number of carbonyl (C=O) groups is 3. The lowest BCUT2D eigenvalue weighted by atomic mass is 10.1. The molecule has 10 nitrogen and oxygen atoms in total. The van der Waals surface area contributed by atoms with Crippen LogP contribution in [0.15, 0.2) is 42.5 Å². The van der Waals surface area contributed by atoms with Gasteiger partial charge in [-0.3, -0.25) is 24.5 Å². The zero-order valence-electron chi connectivity index (χ0n) is 16.4. The van der Waals surface area contributed by atoms with Crippen LogP contribution >= 0.6 is 0 Å². The number of nitrogens with one attached hydrogen (secondary N) is 1. The van der Waals surface area contributed by atoms with Crippen molar-refractivity contribution in [2.45, 2.75) is 6.42 Å². The van der Waals surface area contributed by atoms with Crippen LogP contribution in [0.25, 0.3) is 0 Å². The zero-order chi connectivity index (χ0) is 22.5. The molecule has 0 bridgehead atoms. The van der Waals surface area contributed by atoms with Gasteiger partial charge in [0.15, 0.2) is 6.61 Å². The number of benzene rings is 2. The average molecular weight is 431 g/mol. The van der Waals surface area contributed by atoms with Crippen LogP contribution in [0.4, 0.5) is 21.5 Å². The highest BCUT2D eigenvalue weighted by Crippen LogP contribution is 2.29. The maximum absolute atomic E-state index is 13.1. The van der Waals surface area contributed by atoms with E-state index in [0.29, 0.717) is 11.4 Å². The molecule has 0 unspecified atom stereocenters. The Morgan fingerprint density at radius 3 is 2.61 bits per heavy atom. The molecule has 1 atom stereocenters. The highest BCUT2D eigenvalue weighted by atomic mass is 19.1. The van der Waals surface area contributed by atoms with Gasteiger partial charge in [-0.05, 0) is 30.3 Å². The van der Waals surface area contributed by atoms with Crippen LogP contribution in [0.2, 0.25) is 0 Å². The van der Waals surface area contributed by atoms with Crippen molar-refractivity contribution in [2.75, 3.05) is 30.5 Å². The number of esters is 1. The number of ether oxygens (including phenoxy) is 2. The first-order valence-electron chi connectivity index (χ1n) is 9.13. The van der Waals surface area contributed by atoms with Crippen molar-refractivity contribution in [3.05, 3.63) is 58.4 Å². The fourth-order valence-corrected chi connectivity index (χ4v) is 3.08. The Kier molecular flexibility index (Phi) is 6.43. The molecule has 2 aromatic rings. The summed E-state index contributed by atoms with van der Waals surface area (Å²) in [5.74, 6) is -2.82. The number of amides is 2. The number of nitrogens with zero attached hydrogens (tertiary/aromatic N) is 2. The molecule has 0 saturated carbocycles. The van der Waals surface area contributed by atoms with Gasteiger partial charge in [0, 0.05) is 30.8 Å². The molecule has 2 amide bonds. The average Bonchev–Trinajstić information content (AvgIpc) is 3.14. The number of methoxy groups -OCH3 is 1. The van der Waals surface area contributed by atoms with Crippen molar-refractivity contribution in [1.82, 2.24) is 0 Å². The Morgan fingerprint density at radius 1 is 1.26 bits per heavy atom. The van der Waals surface area contributed by atoms with E-state index in [2.05, 4.69) is 5.32 Å². The summed E-state index contributed by atoms with van der Waals surface area (Å²) in [5, 5.41) is 13.4. The summed E-state index contributed by atoms with van der Waals surface area (Å²) in [4.78, 5) is 48.4. The third kappa shape index (κ3) is 5.13. The molecule has 1 aliphatic heterocycles. The quantitative estimate of drug-likeness (QED) is 0.405. The van der Waals surface area contributed by atoms with Crippen LogP contribution in [0.1, 0.15) is 6.42 Å². The van der Waals surface area contributed by atoms with Gasteiger partial charge in [-0.1, -0.05) is 0 Å². The maximum atomic E-state index is 13.1. The molecule has 1 heterocycles. The molecular weight excluding hydrogens is 413 g/mol. The van der Waals surface area contributed by atoms with Gasteiger partial charge in [-0.25, -0.2) is 4.39 Å². The molecular formula is C20H18FN3O7. The number of hydrogen-bond donors (Lipinski definition) is 1. The van der Waals surface area contributed by atoms with Gasteiger partial charge < -0.3 is 19.7 Å². The lowest BCUT2D eigenvalue weighted by Gasteiger charge is -2.16. The Bertz CT molecular complexity index is 1030. The second-order valence-corrected chi connectivity index (χ2v) is 6.68. The smallest absolute Gasteiger partial charge is 0.311 e. The predicted octanol–water partition coefficient (Wildman–Crippen LogP) is 2.28. The van der Waals surface area contributed by atoms with Gasteiger partial charge in [0.25, 0.3) is 11.6 Å². The Labute approximate surface area is 175 Å². The monoisotopic (exact) mass is 431 g/mol. The van der Waals surface area contributed by atoms with Crippen LogP contribution < -0.4 is 15.0 Å². The molecule has 1 fully saturated rings. The van der Waals surface area contributed by atoms with E-state index in [1.54, 1.807) is 0 Å². The Hall–Kier alpha value is -4.02. The minimum absolute atomic E-state index is 0.0340. The number of rotatable bonds is 7. The van der Waals surface area contributed by atoms with Crippen LogP contribution in [-0.2, 0) is 19.1 Å². The fraction of sp³-hybridized carbons (Fsp3) is 0.250. The minimum Gasteiger partial charge on any atom is -0.497 e. The number of carbonyl (C=O) groups excluding carboxylic acids is 3. The second-order valence-electron chi connectivity index (χ2n) is 6.68. The van der Waals surface area contributed by atoms with Crippen LogP contribution in [0, 0.1) is 21.8 Å². The van der Waals surface area contributed by atoms with Crippen molar-refractivity contribution < 1.29 is 33.2 Å². The van der Waals surface area contributed by atoms with Crippen LogP contribution in [-0.4, -0.2) is 43.0 Å². The molecule has 0 spiro atoms. The van der Waals surface area contributed by atoms with E-state index in [-0.39, 0.29) is 30.2 Å². The number of hydrogen-bond acceptors (Lipinski definition) is 7. The number of halogens is 1. The highest BCUT2D eigenvalue weighted by molar-refractivity contribution is 6.00. The minimum atomic E-state index is -0.795. The van der Waals surface area contributed by atoms with Gasteiger partial charge in [-0.15, -0.1) is 0 Å². The number of nitro benzene ring substituents is 1. The predicted molar refractivity (Wildman–Crippen MR) is 106 cm³/mol. The first kappa shape index (κ1) is 21.7. The zero-order valence-corrected chi connectivity index (χ0v) is 16.4. The summed E-state index contributed by atoms with van der Waals surface area (Å²) in [6.45, 7) is -0.652. The third-order valence-electron chi connectivity index (χ3n) is 4.62. The van der Waals surface area contributed by atoms with Gasteiger partial charge >= 0.3 is 5.97 Å². The van der Waals surface area contributed by atoms with Gasteiger partial charge in [0.2, 0.25) is 5.91 Å². The Morgan fingerprint density at radius 2 is 1.97 bits per heavy atom. The molecule has 2 aromatic carbocycles. The highest BCUT2D eigenvalue weighted by Gasteiger charge is 2.36. The van der Waals surface area contributed by atoms with Gasteiger partial charge in [0.05, 0.1) is 18.0 Å². The first-order chi connectivity index (χ1) is 14.8. The third-order valence-corrected chi connectivity index (χ3v) is 4.62. The molecule has 31 heavy (non-hydrogen) atoms. The van der Waals surface area contributed by atoms with Crippen molar-refractivity contribution in [3.8, 4) is 5.75 Å². The SMILES string of the molecule is COc1ccc([N+](=O)[O-])c(NC(=O)COC(=O)[C@H]2CC(=O)N(c3ccc(F)cc3)C2)c1. The molecule has 1 saturated heterocycles. The first-order valence-corrected chi connectivity index (χ1v) is 9.13. The number of anilines is 2. The summed E-state index contributed by atoms with van der Waals surface area (Å²) in [6.07, 6.45) is -0.112. The van der Waals surface area contributed by atoms with E-state index in [4.69, 9.17) is 9.47 Å². The van der Waals surface area contributed by atoms with Gasteiger partial charge in [-0.2, -0.15) is 0 Å². The van der Waals surface area contributed by atoms with E-state index in [0.717, 1.165) is 0 Å². The second kappa shape index (κ2) is 9.20. The fourth-order valence-electron chi connectivity index (χ4n) is 3.08. The van der Waals surface area contributed by atoms with Crippen molar-refractivity contribution in [3.63, 3.8) is 0 Å². The summed E-state index contributed by atoms with van der Waals surface area (Å²) >= 11 is 0. The molecule has 0 aromatic heterocycles. The summed E-state index contributed by atoms with van der Waals surface area (Å²) in [7, 11) is 1.37. The van der Waals surface area contributed by atoms with E-state index >= 15 is 0 Å². The summed E-state index contributed by atoms with van der Waals surface area (Å²) in [5.41, 5.74) is -0.00879. The van der Waals surface area contributed by atoms with E-state index in [9.17, 15) is 28.9 Å². The van der Waals surface area contributed by atoms with Gasteiger partial charge in [0.1, 0.15) is 17.3 Å². The molecule has 1 aliphatic rings. The lowest BCUT2D eigenvalue weighted by molar-refractivity contribution is -0.383. The molecule has 0 aliphatic carbocycles. The molecule has 11 heteroatoms. The Balaban J connectivity index is 1.57. The molecule has 0 radical (unpaired) electrons. The van der Waals surface area contributed by atoms with E-state index in [1.807, 2.05) is 0 Å². The van der Waals surface area contributed by atoms with E-state index in [1.165, 1.54) is 54.5 Å². The normalized spacial score (nSPS) is 15.5. The van der Waals surface area contributed by atoms with Crippen molar-refractivity contribution in [1.29, 1.82) is 0 Å². The molecule has 162 valence electrons. The van der Waals surface area contributed by atoms with E-state index < -0.39 is 35.1 Å². The standard InChI is InChI=1S/C20H18FN3O7/c1-30-15-6-7-17(24(28)29)16(9-15)22-18(25)11-31-20(27)12-8-19(26)23(10-12)14-4-2-13(21)3-5-14/h2-7,9,12H,8,10-11H2,1H3,(H,22,25)/t12-/m0/s1. The summed E-state index contributed by atoms with van der Waals surface area (Å²) in [6, 6.07) is 9.08. The van der Waals surface area contributed by atoms with Crippen molar-refractivity contribution >= 4 is 34.8 Å². The number of nitro groups is 1. The molecule has 3 rings (SSSR count). The largest absolute Gasteiger partial charge is 0.497 e. The summed E-state index contributed by atoms with van der Waals surface area (Å²) < 4.78 is 23.0. The van der Waals surface area contributed by atoms with Crippen molar-refractivity contribution in [2.24, 2.45) is 5.92 Å².